The largest absolute Gasteiger partial charge is 0.417 e. The Morgan fingerprint density at radius 2 is 1.95 bits per heavy atom. The van der Waals surface area contributed by atoms with Gasteiger partial charge in [0.1, 0.15) is 6.07 Å². The first kappa shape index (κ1) is 12.2. The Hall–Kier alpha value is -2.87. The molecule has 0 unspecified atom stereocenters. The molecule has 0 atom stereocenters. The number of nitrogens with zero attached hydrogens (tertiary/aromatic N) is 4. The van der Waals surface area contributed by atoms with Gasteiger partial charge in [0.05, 0.1) is 5.69 Å². The molecule has 0 saturated heterocycles. The van der Waals surface area contributed by atoms with Gasteiger partial charge in [0.2, 0.25) is 11.6 Å². The van der Waals surface area contributed by atoms with Crippen molar-refractivity contribution in [3.63, 3.8) is 0 Å². The molecule has 2 aromatic heterocycles. The molecule has 0 aliphatic rings. The average Bonchev–Trinajstić information content (AvgIpc) is 3.02. The zero-order valence-corrected chi connectivity index (χ0v) is 11.2. The van der Waals surface area contributed by atoms with Crippen molar-refractivity contribution in [2.75, 3.05) is 0 Å². The standard InChI is InChI=1S/C15H12N4O/c1-10-8-11(2)19(18-10)15-13(9-16)17-14(20-15)12-6-4-3-5-7-12/h3-8H,1-2H3. The van der Waals surface area contributed by atoms with E-state index in [9.17, 15) is 5.26 Å². The molecule has 0 fully saturated rings. The van der Waals surface area contributed by atoms with Gasteiger partial charge in [0.25, 0.3) is 5.88 Å². The summed E-state index contributed by atoms with van der Waals surface area (Å²) in [5, 5.41) is 13.6. The lowest BCUT2D eigenvalue weighted by Crippen LogP contribution is -1.99. The molecule has 0 bridgehead atoms. The van der Waals surface area contributed by atoms with Crippen LogP contribution in [0.2, 0.25) is 0 Å². The topological polar surface area (TPSA) is 67.6 Å². The molecule has 0 aliphatic carbocycles. The highest BCUT2D eigenvalue weighted by Gasteiger charge is 2.18. The lowest BCUT2D eigenvalue weighted by molar-refractivity contribution is 0.524. The Labute approximate surface area is 116 Å². The lowest BCUT2D eigenvalue weighted by Gasteiger charge is -1.98. The first-order chi connectivity index (χ1) is 9.69. The van der Waals surface area contributed by atoms with E-state index in [0.717, 1.165) is 17.0 Å². The van der Waals surface area contributed by atoms with Crippen LogP contribution in [0, 0.1) is 25.2 Å². The van der Waals surface area contributed by atoms with Crippen LogP contribution in [0.15, 0.2) is 40.8 Å². The zero-order chi connectivity index (χ0) is 14.1. The number of hydrogen-bond acceptors (Lipinski definition) is 4. The Morgan fingerprint density at radius 1 is 1.20 bits per heavy atom. The van der Waals surface area contributed by atoms with Crippen molar-refractivity contribution in [3.05, 3.63) is 53.5 Å². The monoisotopic (exact) mass is 264 g/mol. The van der Waals surface area contributed by atoms with Crippen molar-refractivity contribution in [2.45, 2.75) is 13.8 Å². The molecule has 0 saturated carbocycles. The summed E-state index contributed by atoms with van der Waals surface area (Å²) >= 11 is 0. The minimum atomic E-state index is 0.232. The van der Waals surface area contributed by atoms with E-state index < -0.39 is 0 Å². The van der Waals surface area contributed by atoms with E-state index in [1.165, 1.54) is 0 Å². The first-order valence-corrected chi connectivity index (χ1v) is 6.19. The molecule has 5 heteroatoms. The van der Waals surface area contributed by atoms with E-state index in [-0.39, 0.29) is 5.69 Å². The molecule has 3 rings (SSSR count). The van der Waals surface area contributed by atoms with Crippen LogP contribution in [-0.2, 0) is 0 Å². The normalized spacial score (nSPS) is 10.4. The molecular formula is C15H12N4O. The molecule has 0 radical (unpaired) electrons. The molecule has 0 amide bonds. The Balaban J connectivity index is 2.16. The maximum Gasteiger partial charge on any atom is 0.259 e. The second kappa shape index (κ2) is 4.67. The van der Waals surface area contributed by atoms with E-state index in [4.69, 9.17) is 4.42 Å². The van der Waals surface area contributed by atoms with Crippen LogP contribution in [0.25, 0.3) is 17.3 Å². The van der Waals surface area contributed by atoms with Crippen LogP contribution in [0.1, 0.15) is 17.1 Å². The molecule has 20 heavy (non-hydrogen) atoms. The van der Waals surface area contributed by atoms with Crippen molar-refractivity contribution in [1.29, 1.82) is 5.26 Å². The van der Waals surface area contributed by atoms with E-state index in [0.29, 0.717) is 11.8 Å². The van der Waals surface area contributed by atoms with Crippen LogP contribution in [0.4, 0.5) is 0 Å². The third kappa shape index (κ3) is 1.97. The second-order valence-electron chi connectivity index (χ2n) is 4.49. The van der Waals surface area contributed by atoms with Gasteiger partial charge in [-0.1, -0.05) is 18.2 Å². The lowest BCUT2D eigenvalue weighted by atomic mass is 10.2. The molecule has 98 valence electrons. The molecule has 0 N–H and O–H groups in total. The van der Waals surface area contributed by atoms with E-state index in [2.05, 4.69) is 16.2 Å². The van der Waals surface area contributed by atoms with E-state index in [1.807, 2.05) is 50.2 Å². The molecule has 0 aliphatic heterocycles. The molecule has 1 aromatic carbocycles. The van der Waals surface area contributed by atoms with Gasteiger partial charge < -0.3 is 4.42 Å². The van der Waals surface area contributed by atoms with E-state index >= 15 is 0 Å². The van der Waals surface area contributed by atoms with Crippen LogP contribution in [0.5, 0.6) is 0 Å². The number of nitriles is 1. The summed E-state index contributed by atoms with van der Waals surface area (Å²) in [6, 6.07) is 13.5. The summed E-state index contributed by atoms with van der Waals surface area (Å²) < 4.78 is 7.34. The second-order valence-corrected chi connectivity index (χ2v) is 4.49. The summed E-state index contributed by atoms with van der Waals surface area (Å²) in [7, 11) is 0. The molecule has 3 aromatic rings. The van der Waals surface area contributed by atoms with Gasteiger partial charge in [-0.2, -0.15) is 15.3 Å². The number of aromatic nitrogens is 3. The summed E-state index contributed by atoms with van der Waals surface area (Å²) in [5.41, 5.74) is 2.82. The highest BCUT2D eigenvalue weighted by molar-refractivity contribution is 5.56. The predicted octanol–water partition coefficient (Wildman–Crippen LogP) is 3.02. The molecular weight excluding hydrogens is 252 g/mol. The minimum Gasteiger partial charge on any atom is -0.417 e. The van der Waals surface area contributed by atoms with Gasteiger partial charge >= 0.3 is 0 Å². The number of oxazole rings is 1. The van der Waals surface area contributed by atoms with Crippen molar-refractivity contribution in [1.82, 2.24) is 14.8 Å². The third-order valence-corrected chi connectivity index (χ3v) is 2.94. The Morgan fingerprint density at radius 3 is 2.55 bits per heavy atom. The van der Waals surface area contributed by atoms with Gasteiger partial charge in [-0.25, -0.2) is 4.68 Å². The number of benzene rings is 1. The fourth-order valence-electron chi connectivity index (χ4n) is 2.07. The van der Waals surface area contributed by atoms with Crippen LogP contribution in [0.3, 0.4) is 0 Å². The van der Waals surface area contributed by atoms with Gasteiger partial charge in [-0.15, -0.1) is 0 Å². The van der Waals surface area contributed by atoms with Gasteiger partial charge in [-0.3, -0.25) is 0 Å². The zero-order valence-electron chi connectivity index (χ0n) is 11.2. The highest BCUT2D eigenvalue weighted by Crippen LogP contribution is 2.24. The summed E-state index contributed by atoms with van der Waals surface area (Å²) in [6.07, 6.45) is 0. The quantitative estimate of drug-likeness (QED) is 0.713. The van der Waals surface area contributed by atoms with Crippen molar-refractivity contribution in [2.24, 2.45) is 0 Å². The predicted molar refractivity (Wildman–Crippen MR) is 73.3 cm³/mol. The smallest absolute Gasteiger partial charge is 0.259 e. The first-order valence-electron chi connectivity index (χ1n) is 6.19. The fourth-order valence-corrected chi connectivity index (χ4v) is 2.07. The summed E-state index contributed by atoms with van der Waals surface area (Å²) in [4.78, 5) is 4.24. The maximum absolute atomic E-state index is 9.22. The highest BCUT2D eigenvalue weighted by atomic mass is 16.4. The van der Waals surface area contributed by atoms with Gasteiger partial charge in [-0.05, 0) is 32.0 Å². The van der Waals surface area contributed by atoms with Crippen molar-refractivity contribution >= 4 is 0 Å². The molecule has 0 spiro atoms. The number of aryl methyl sites for hydroxylation is 2. The summed E-state index contributed by atoms with van der Waals surface area (Å²) in [5.74, 6) is 0.779. The fraction of sp³-hybridized carbons (Fsp3) is 0.133. The van der Waals surface area contributed by atoms with Crippen LogP contribution < -0.4 is 0 Å². The number of hydrogen-bond donors (Lipinski definition) is 0. The third-order valence-electron chi connectivity index (χ3n) is 2.94. The number of rotatable bonds is 2. The van der Waals surface area contributed by atoms with Gasteiger partial charge in [0, 0.05) is 11.3 Å². The minimum absolute atomic E-state index is 0.232. The Bertz CT molecular complexity index is 793. The van der Waals surface area contributed by atoms with Gasteiger partial charge in [0.15, 0.2) is 0 Å². The van der Waals surface area contributed by atoms with Crippen LogP contribution in [-0.4, -0.2) is 14.8 Å². The van der Waals surface area contributed by atoms with Crippen molar-refractivity contribution < 1.29 is 4.42 Å². The summed E-state index contributed by atoms with van der Waals surface area (Å²) in [6.45, 7) is 3.80. The van der Waals surface area contributed by atoms with Crippen LogP contribution >= 0.6 is 0 Å². The average molecular weight is 264 g/mol. The van der Waals surface area contributed by atoms with Crippen molar-refractivity contribution in [3.8, 4) is 23.4 Å². The molecule has 5 nitrogen and oxygen atoms in total. The van der Waals surface area contributed by atoms with E-state index in [1.54, 1.807) is 4.68 Å². The Kier molecular flexibility index (Phi) is 2.84. The maximum atomic E-state index is 9.22. The molecule has 2 heterocycles. The SMILES string of the molecule is Cc1cc(C)n(-c2oc(-c3ccccc3)nc2C#N)n1.